The Labute approximate surface area is 68.8 Å². The molecule has 3 nitrogen and oxygen atoms in total. The molecule has 0 aliphatic carbocycles. The van der Waals surface area contributed by atoms with Crippen LogP contribution in [0.15, 0.2) is 16.5 Å². The molecular formula is C6H2F4O3. The molecule has 72 valence electrons. The number of carbonyl (C=O) groups is 1. The van der Waals surface area contributed by atoms with Crippen molar-refractivity contribution in [3.05, 3.63) is 23.7 Å². The molecule has 0 radical (unpaired) electrons. The molecule has 1 aromatic rings. The summed E-state index contributed by atoms with van der Waals surface area (Å²) in [7, 11) is 0. The molecule has 0 N–H and O–H groups in total. The van der Waals surface area contributed by atoms with Crippen LogP contribution >= 0.6 is 0 Å². The summed E-state index contributed by atoms with van der Waals surface area (Å²) in [5, 5.41) is 0. The Kier molecular flexibility index (Phi) is 2.26. The van der Waals surface area contributed by atoms with Crippen molar-refractivity contribution in [2.45, 2.75) is 6.18 Å². The molecule has 0 spiro atoms. The lowest BCUT2D eigenvalue weighted by Gasteiger charge is -1.99. The highest BCUT2D eigenvalue weighted by Gasteiger charge is 2.35. The van der Waals surface area contributed by atoms with Crippen molar-refractivity contribution in [3.8, 4) is 0 Å². The van der Waals surface area contributed by atoms with E-state index in [1.807, 2.05) is 0 Å². The van der Waals surface area contributed by atoms with Crippen LogP contribution in [0.1, 0.15) is 16.3 Å². The van der Waals surface area contributed by atoms with Crippen LogP contribution < -0.4 is 0 Å². The van der Waals surface area contributed by atoms with Crippen molar-refractivity contribution >= 4 is 5.97 Å². The van der Waals surface area contributed by atoms with Gasteiger partial charge in [0.15, 0.2) is 0 Å². The van der Waals surface area contributed by atoms with Gasteiger partial charge in [-0.15, -0.1) is 0 Å². The van der Waals surface area contributed by atoms with Gasteiger partial charge in [0.25, 0.3) is 0 Å². The second kappa shape index (κ2) is 3.08. The predicted molar refractivity (Wildman–Crippen MR) is 30.2 cm³/mol. The van der Waals surface area contributed by atoms with Crippen LogP contribution in [0.5, 0.6) is 0 Å². The van der Waals surface area contributed by atoms with Crippen LogP contribution in [-0.4, -0.2) is 5.97 Å². The summed E-state index contributed by atoms with van der Waals surface area (Å²) in [4.78, 5) is 13.0. The molecule has 0 saturated heterocycles. The number of hydrogen-bond acceptors (Lipinski definition) is 3. The van der Waals surface area contributed by atoms with Gasteiger partial charge in [-0.3, -0.25) is 0 Å². The lowest BCUT2D eigenvalue weighted by molar-refractivity contribution is -0.153. The van der Waals surface area contributed by atoms with Crippen LogP contribution in [0.2, 0.25) is 0 Å². The largest absolute Gasteiger partial charge is 0.449 e. The fourth-order valence-corrected chi connectivity index (χ4v) is 0.638. The van der Waals surface area contributed by atoms with Crippen molar-refractivity contribution in [1.29, 1.82) is 0 Å². The number of halogens is 4. The van der Waals surface area contributed by atoms with E-state index in [1.54, 1.807) is 0 Å². The van der Waals surface area contributed by atoms with Gasteiger partial charge in [0.1, 0.15) is 0 Å². The van der Waals surface area contributed by atoms with Crippen molar-refractivity contribution < 1.29 is 31.9 Å². The molecule has 0 aliphatic rings. The monoisotopic (exact) mass is 198 g/mol. The number of carbonyl (C=O) groups excluding carboxylic acids is 1. The Bertz CT molecular complexity index is 314. The van der Waals surface area contributed by atoms with Gasteiger partial charge in [-0.1, -0.05) is 0 Å². The molecule has 13 heavy (non-hydrogen) atoms. The van der Waals surface area contributed by atoms with Crippen LogP contribution in [0.4, 0.5) is 17.7 Å². The van der Waals surface area contributed by atoms with E-state index in [-0.39, 0.29) is 0 Å². The van der Waals surface area contributed by atoms with Gasteiger partial charge >= 0.3 is 12.1 Å². The van der Waals surface area contributed by atoms with Crippen molar-refractivity contribution in [1.82, 2.24) is 0 Å². The summed E-state index contributed by atoms with van der Waals surface area (Å²) in [6.45, 7) is 0. The highest BCUT2D eigenvalue weighted by Crippen LogP contribution is 2.30. The standard InChI is InChI=1S/C6H2F4O3/c7-6(8,9)4-2-1-3(12-4)5(11)13-10/h1-2H. The average Bonchev–Trinajstić information content (AvgIpc) is 2.50. The highest BCUT2D eigenvalue weighted by atomic mass is 19.4. The van der Waals surface area contributed by atoms with Gasteiger partial charge in [-0.05, 0) is 12.1 Å². The van der Waals surface area contributed by atoms with Gasteiger partial charge in [0.05, 0.1) is 0 Å². The number of rotatable bonds is 1. The SMILES string of the molecule is O=C(OF)c1ccc(C(F)(F)F)o1. The molecule has 0 fully saturated rings. The molecule has 0 aliphatic heterocycles. The van der Waals surface area contributed by atoms with E-state index in [0.717, 1.165) is 0 Å². The first kappa shape index (κ1) is 9.56. The maximum atomic E-state index is 11.8. The Hall–Kier alpha value is -1.53. The first-order valence-electron chi connectivity index (χ1n) is 2.95. The number of furan rings is 1. The molecular weight excluding hydrogens is 196 g/mol. The van der Waals surface area contributed by atoms with E-state index in [4.69, 9.17) is 0 Å². The molecule has 0 aromatic carbocycles. The molecule has 1 aromatic heterocycles. The van der Waals surface area contributed by atoms with E-state index >= 15 is 0 Å². The van der Waals surface area contributed by atoms with E-state index in [9.17, 15) is 22.5 Å². The molecule has 0 unspecified atom stereocenters. The summed E-state index contributed by atoms with van der Waals surface area (Å²) < 4.78 is 50.6. The van der Waals surface area contributed by atoms with Crippen LogP contribution in [-0.2, 0) is 11.1 Å². The summed E-state index contributed by atoms with van der Waals surface area (Å²) >= 11 is 0. The van der Waals surface area contributed by atoms with Gasteiger partial charge < -0.3 is 4.42 Å². The Morgan fingerprint density at radius 2 is 2.00 bits per heavy atom. The predicted octanol–water partition coefficient (Wildman–Crippen LogP) is 2.34. The second-order valence-electron chi connectivity index (χ2n) is 2.03. The lowest BCUT2D eigenvalue weighted by Crippen LogP contribution is -2.03. The minimum absolute atomic E-state index is 0.506. The normalized spacial score (nSPS) is 11.4. The zero-order valence-corrected chi connectivity index (χ0v) is 5.89. The Morgan fingerprint density at radius 3 is 2.38 bits per heavy atom. The molecule has 1 rings (SSSR count). The molecule has 0 saturated carbocycles. The van der Waals surface area contributed by atoms with Crippen LogP contribution in [0, 0.1) is 0 Å². The summed E-state index contributed by atoms with van der Waals surface area (Å²) in [5.74, 6) is -3.82. The third-order valence-corrected chi connectivity index (χ3v) is 1.16. The number of alkyl halides is 3. The third kappa shape index (κ3) is 1.98. The van der Waals surface area contributed by atoms with Crippen LogP contribution in [0.25, 0.3) is 0 Å². The molecule has 0 bridgehead atoms. The van der Waals surface area contributed by atoms with Gasteiger partial charge in [-0.2, -0.15) is 13.2 Å². The first-order chi connectivity index (χ1) is 5.95. The van der Waals surface area contributed by atoms with Crippen molar-refractivity contribution in [2.75, 3.05) is 0 Å². The molecule has 7 heteroatoms. The fraction of sp³-hybridized carbons (Fsp3) is 0.167. The maximum Gasteiger partial charge on any atom is 0.449 e. The van der Waals surface area contributed by atoms with Crippen molar-refractivity contribution in [3.63, 3.8) is 0 Å². The van der Waals surface area contributed by atoms with Gasteiger partial charge in [0, 0.05) is 4.53 Å². The topological polar surface area (TPSA) is 39.4 Å². The third-order valence-electron chi connectivity index (χ3n) is 1.16. The summed E-state index contributed by atoms with van der Waals surface area (Å²) in [6.07, 6.45) is -4.70. The number of hydrogen-bond donors (Lipinski definition) is 0. The zero-order valence-electron chi connectivity index (χ0n) is 5.89. The minimum Gasteiger partial charge on any atom is -0.444 e. The first-order valence-corrected chi connectivity index (χ1v) is 2.95. The Morgan fingerprint density at radius 1 is 1.38 bits per heavy atom. The average molecular weight is 198 g/mol. The van der Waals surface area contributed by atoms with E-state index in [0.29, 0.717) is 12.1 Å². The fourth-order valence-electron chi connectivity index (χ4n) is 0.638. The quantitative estimate of drug-likeness (QED) is 0.650. The van der Waals surface area contributed by atoms with Gasteiger partial charge in [-0.25, -0.2) is 9.74 Å². The Balaban J connectivity index is 2.93. The summed E-state index contributed by atoms with van der Waals surface area (Å²) in [5.41, 5.74) is 0. The maximum absolute atomic E-state index is 11.8. The lowest BCUT2D eigenvalue weighted by atomic mass is 10.4. The minimum atomic E-state index is -4.70. The summed E-state index contributed by atoms with van der Waals surface area (Å²) in [6, 6.07) is 1.18. The molecule has 0 atom stereocenters. The van der Waals surface area contributed by atoms with Gasteiger partial charge in [0.2, 0.25) is 11.5 Å². The smallest absolute Gasteiger partial charge is 0.444 e. The molecule has 1 heterocycles. The molecule has 0 amide bonds. The zero-order chi connectivity index (χ0) is 10.1. The van der Waals surface area contributed by atoms with Crippen LogP contribution in [0.3, 0.4) is 0 Å². The van der Waals surface area contributed by atoms with E-state index in [2.05, 4.69) is 9.36 Å². The van der Waals surface area contributed by atoms with Crippen molar-refractivity contribution in [2.24, 2.45) is 0 Å². The highest BCUT2D eigenvalue weighted by molar-refractivity contribution is 5.85. The van der Waals surface area contributed by atoms with E-state index < -0.39 is 23.7 Å². The second-order valence-corrected chi connectivity index (χ2v) is 2.03. The van der Waals surface area contributed by atoms with E-state index in [1.165, 1.54) is 0 Å².